The summed E-state index contributed by atoms with van der Waals surface area (Å²) < 4.78 is 18.2. The zero-order chi connectivity index (χ0) is 21.1. The summed E-state index contributed by atoms with van der Waals surface area (Å²) in [5.41, 5.74) is 7.33. The van der Waals surface area contributed by atoms with Crippen molar-refractivity contribution in [1.82, 2.24) is 0 Å². The van der Waals surface area contributed by atoms with E-state index in [1.807, 2.05) is 45.9 Å². The van der Waals surface area contributed by atoms with Crippen molar-refractivity contribution in [2.75, 3.05) is 0 Å². The van der Waals surface area contributed by atoms with Crippen molar-refractivity contribution in [3.8, 4) is 5.75 Å². The number of ether oxygens (including phenoxy) is 1. The minimum Gasteiger partial charge on any atom is -0.480 e. The molecule has 29 heavy (non-hydrogen) atoms. The van der Waals surface area contributed by atoms with E-state index in [-0.39, 0.29) is 10.8 Å². The highest BCUT2D eigenvalue weighted by molar-refractivity contribution is 6.62. The van der Waals surface area contributed by atoms with Crippen LogP contribution in [-0.4, -0.2) is 30.2 Å². The molecule has 2 N–H and O–H groups in total. The molecular formula is C21H22BCl2NO4. The number of carbonyl (C=O) groups excluding carboxylic acids is 1. The molecule has 2 aliphatic heterocycles. The second-order valence-electron chi connectivity index (χ2n) is 8.44. The predicted molar refractivity (Wildman–Crippen MR) is 114 cm³/mol. The largest absolute Gasteiger partial charge is 0.494 e. The Labute approximate surface area is 180 Å². The SMILES string of the molecule is CC1(C)OB(c2ccc3c(c2)OC(C(=O)c2ccc(Cl)cc2Cl)C3N)OC1(C)C. The van der Waals surface area contributed by atoms with Crippen LogP contribution in [0.1, 0.15) is 49.7 Å². The van der Waals surface area contributed by atoms with Gasteiger partial charge in [-0.05, 0) is 57.4 Å². The van der Waals surface area contributed by atoms with Crippen molar-refractivity contribution >= 4 is 41.6 Å². The molecule has 0 aliphatic carbocycles. The summed E-state index contributed by atoms with van der Waals surface area (Å²) in [6, 6.07) is 9.71. The van der Waals surface area contributed by atoms with Gasteiger partial charge in [-0.1, -0.05) is 35.3 Å². The van der Waals surface area contributed by atoms with E-state index in [9.17, 15) is 4.79 Å². The third kappa shape index (κ3) is 3.47. The molecule has 0 aromatic heterocycles. The van der Waals surface area contributed by atoms with Gasteiger partial charge in [0.05, 0.1) is 22.3 Å². The summed E-state index contributed by atoms with van der Waals surface area (Å²) in [5.74, 6) is 0.265. The first-order valence-electron chi connectivity index (χ1n) is 9.41. The fourth-order valence-corrected chi connectivity index (χ4v) is 3.99. The maximum absolute atomic E-state index is 13.0. The predicted octanol–water partition coefficient (Wildman–Crippen LogP) is 3.94. The van der Waals surface area contributed by atoms with E-state index in [4.69, 9.17) is 43.0 Å². The van der Waals surface area contributed by atoms with Gasteiger partial charge in [0.1, 0.15) is 5.75 Å². The highest BCUT2D eigenvalue weighted by Crippen LogP contribution is 2.39. The minimum atomic E-state index is -0.864. The summed E-state index contributed by atoms with van der Waals surface area (Å²) in [7, 11) is -0.523. The molecule has 0 bridgehead atoms. The highest BCUT2D eigenvalue weighted by Gasteiger charge is 2.52. The molecule has 4 rings (SSSR count). The van der Waals surface area contributed by atoms with Crippen LogP contribution in [0.4, 0.5) is 0 Å². The number of halogens is 2. The standard InChI is InChI=1S/C21H22BCl2NO4/c1-20(2)21(3,4)29-22(28-20)11-5-7-14-16(9-11)27-19(17(14)25)18(26)13-8-6-12(23)10-15(13)24/h5-10,17,19H,25H2,1-4H3. The topological polar surface area (TPSA) is 70.8 Å². The lowest BCUT2D eigenvalue weighted by Crippen LogP contribution is -2.41. The number of benzene rings is 2. The number of nitrogens with two attached hydrogens (primary N) is 1. The molecule has 0 amide bonds. The maximum Gasteiger partial charge on any atom is 0.494 e. The van der Waals surface area contributed by atoms with Gasteiger partial charge < -0.3 is 19.8 Å². The monoisotopic (exact) mass is 433 g/mol. The van der Waals surface area contributed by atoms with Crippen LogP contribution < -0.4 is 15.9 Å². The van der Waals surface area contributed by atoms with E-state index >= 15 is 0 Å². The number of rotatable bonds is 3. The molecule has 152 valence electrons. The van der Waals surface area contributed by atoms with Crippen molar-refractivity contribution in [2.24, 2.45) is 5.73 Å². The lowest BCUT2D eigenvalue weighted by Gasteiger charge is -2.32. The van der Waals surface area contributed by atoms with Crippen molar-refractivity contribution in [3.05, 3.63) is 57.6 Å². The second kappa shape index (κ2) is 7.00. The average molecular weight is 434 g/mol. The zero-order valence-electron chi connectivity index (χ0n) is 16.7. The second-order valence-corrected chi connectivity index (χ2v) is 9.28. The molecule has 1 fully saturated rings. The van der Waals surface area contributed by atoms with E-state index in [1.54, 1.807) is 12.1 Å². The lowest BCUT2D eigenvalue weighted by atomic mass is 9.78. The van der Waals surface area contributed by atoms with Crippen molar-refractivity contribution < 1.29 is 18.8 Å². The summed E-state index contributed by atoms with van der Waals surface area (Å²) in [4.78, 5) is 13.0. The molecule has 2 atom stereocenters. The van der Waals surface area contributed by atoms with Gasteiger partial charge in [0, 0.05) is 16.1 Å². The highest BCUT2D eigenvalue weighted by atomic mass is 35.5. The first-order valence-corrected chi connectivity index (χ1v) is 10.2. The Hall–Kier alpha value is -1.57. The summed E-state index contributed by atoms with van der Waals surface area (Å²) >= 11 is 12.1. The van der Waals surface area contributed by atoms with Crippen molar-refractivity contribution in [1.29, 1.82) is 0 Å². The number of fused-ring (bicyclic) bond motifs is 1. The molecule has 2 aromatic carbocycles. The van der Waals surface area contributed by atoms with E-state index in [0.717, 1.165) is 11.0 Å². The molecule has 2 aromatic rings. The molecule has 2 heterocycles. The number of ketones is 1. The third-order valence-electron chi connectivity index (χ3n) is 5.96. The Morgan fingerprint density at radius 3 is 2.31 bits per heavy atom. The number of hydrogen-bond donors (Lipinski definition) is 1. The Balaban J connectivity index is 1.59. The number of carbonyl (C=O) groups is 1. The molecule has 8 heteroatoms. The van der Waals surface area contributed by atoms with E-state index in [1.165, 1.54) is 6.07 Å². The Morgan fingerprint density at radius 2 is 1.69 bits per heavy atom. The van der Waals surface area contributed by atoms with E-state index in [0.29, 0.717) is 16.3 Å². The first-order chi connectivity index (χ1) is 13.5. The van der Waals surface area contributed by atoms with Crippen LogP contribution in [0.3, 0.4) is 0 Å². The van der Waals surface area contributed by atoms with Crippen LogP contribution >= 0.6 is 23.2 Å². The molecule has 2 unspecified atom stereocenters. The van der Waals surface area contributed by atoms with Gasteiger partial charge in [-0.3, -0.25) is 4.79 Å². The number of Topliss-reactive ketones (excluding diaryl/α,β-unsaturated/α-hetero) is 1. The fraction of sp³-hybridized carbons (Fsp3) is 0.381. The van der Waals surface area contributed by atoms with E-state index in [2.05, 4.69) is 0 Å². The first kappa shape index (κ1) is 20.7. The molecule has 0 saturated carbocycles. The van der Waals surface area contributed by atoms with Crippen molar-refractivity contribution in [2.45, 2.75) is 51.0 Å². The molecule has 0 spiro atoms. The van der Waals surface area contributed by atoms with Gasteiger partial charge in [0.2, 0.25) is 5.78 Å². The van der Waals surface area contributed by atoms with Gasteiger partial charge in [-0.2, -0.15) is 0 Å². The lowest BCUT2D eigenvalue weighted by molar-refractivity contribution is 0.00578. The molecule has 1 saturated heterocycles. The van der Waals surface area contributed by atoms with Gasteiger partial charge >= 0.3 is 7.12 Å². The van der Waals surface area contributed by atoms with Crippen LogP contribution in [0.15, 0.2) is 36.4 Å². The van der Waals surface area contributed by atoms with Crippen LogP contribution in [-0.2, 0) is 9.31 Å². The summed E-state index contributed by atoms with van der Waals surface area (Å²) in [6.45, 7) is 7.99. The van der Waals surface area contributed by atoms with Crippen molar-refractivity contribution in [3.63, 3.8) is 0 Å². The van der Waals surface area contributed by atoms with Crippen LogP contribution in [0.2, 0.25) is 10.0 Å². The Bertz CT molecular complexity index is 979. The fourth-order valence-electron chi connectivity index (χ4n) is 3.49. The summed E-state index contributed by atoms with van der Waals surface area (Å²) in [5, 5.41) is 0.727. The van der Waals surface area contributed by atoms with Gasteiger partial charge in [0.15, 0.2) is 6.10 Å². The van der Waals surface area contributed by atoms with Gasteiger partial charge in [-0.25, -0.2) is 0 Å². The van der Waals surface area contributed by atoms with Crippen LogP contribution in [0, 0.1) is 0 Å². The summed E-state index contributed by atoms with van der Waals surface area (Å²) in [6.07, 6.45) is -0.864. The normalized spacial score (nSPS) is 24.3. The van der Waals surface area contributed by atoms with Gasteiger partial charge in [-0.15, -0.1) is 0 Å². The van der Waals surface area contributed by atoms with E-state index < -0.39 is 30.5 Å². The third-order valence-corrected chi connectivity index (χ3v) is 6.51. The Kier molecular flexibility index (Phi) is 4.99. The quantitative estimate of drug-likeness (QED) is 0.586. The maximum atomic E-state index is 13.0. The minimum absolute atomic E-state index is 0.271. The van der Waals surface area contributed by atoms with Crippen LogP contribution in [0.25, 0.3) is 0 Å². The zero-order valence-corrected chi connectivity index (χ0v) is 18.2. The molecule has 0 radical (unpaired) electrons. The van der Waals surface area contributed by atoms with Crippen LogP contribution in [0.5, 0.6) is 5.75 Å². The molecule has 2 aliphatic rings. The average Bonchev–Trinajstić information content (AvgIpc) is 3.07. The molecule has 5 nitrogen and oxygen atoms in total. The number of hydrogen-bond acceptors (Lipinski definition) is 5. The van der Waals surface area contributed by atoms with Gasteiger partial charge in [0.25, 0.3) is 0 Å². The molecular weight excluding hydrogens is 412 g/mol. The Morgan fingerprint density at radius 1 is 1.03 bits per heavy atom. The smallest absolute Gasteiger partial charge is 0.480 e.